The molecule has 1 heterocycles. The highest BCUT2D eigenvalue weighted by Crippen LogP contribution is 2.06. The van der Waals surface area contributed by atoms with Crippen LogP contribution < -0.4 is 5.73 Å². The zero-order valence-electron chi connectivity index (χ0n) is 9.70. The standard InChI is InChI=1S/C11H21N3O/c1-3-4-5-6-7-11-13-10(14-15-11)8-9(2)12/h9H,3-8,12H2,1-2H3. The van der Waals surface area contributed by atoms with Gasteiger partial charge in [0.1, 0.15) is 0 Å². The van der Waals surface area contributed by atoms with Crippen LogP contribution in [0.3, 0.4) is 0 Å². The molecule has 1 atom stereocenters. The number of nitrogens with two attached hydrogens (primary N) is 1. The van der Waals surface area contributed by atoms with Crippen molar-refractivity contribution in [1.82, 2.24) is 10.1 Å². The smallest absolute Gasteiger partial charge is 0.226 e. The molecular formula is C11H21N3O. The summed E-state index contributed by atoms with van der Waals surface area (Å²) in [5.74, 6) is 1.48. The molecule has 0 radical (unpaired) electrons. The van der Waals surface area contributed by atoms with Gasteiger partial charge in [-0.05, 0) is 13.3 Å². The van der Waals surface area contributed by atoms with Gasteiger partial charge in [-0.25, -0.2) is 0 Å². The van der Waals surface area contributed by atoms with Gasteiger partial charge in [0.2, 0.25) is 5.89 Å². The summed E-state index contributed by atoms with van der Waals surface area (Å²) >= 11 is 0. The van der Waals surface area contributed by atoms with Crippen LogP contribution in [0.15, 0.2) is 4.52 Å². The van der Waals surface area contributed by atoms with Gasteiger partial charge in [0.05, 0.1) is 0 Å². The highest BCUT2D eigenvalue weighted by molar-refractivity contribution is 4.88. The Morgan fingerprint density at radius 3 is 2.80 bits per heavy atom. The van der Waals surface area contributed by atoms with Crippen LogP contribution in [0, 0.1) is 0 Å². The summed E-state index contributed by atoms with van der Waals surface area (Å²) < 4.78 is 5.13. The van der Waals surface area contributed by atoms with Gasteiger partial charge in [0.25, 0.3) is 0 Å². The van der Waals surface area contributed by atoms with E-state index < -0.39 is 0 Å². The van der Waals surface area contributed by atoms with Gasteiger partial charge in [0, 0.05) is 18.9 Å². The van der Waals surface area contributed by atoms with E-state index in [1.54, 1.807) is 0 Å². The molecule has 1 rings (SSSR count). The van der Waals surface area contributed by atoms with E-state index in [1.807, 2.05) is 6.92 Å². The third kappa shape index (κ3) is 4.93. The van der Waals surface area contributed by atoms with Crippen molar-refractivity contribution >= 4 is 0 Å². The highest BCUT2D eigenvalue weighted by atomic mass is 16.5. The van der Waals surface area contributed by atoms with Crippen LogP contribution in [-0.2, 0) is 12.8 Å². The lowest BCUT2D eigenvalue weighted by atomic mass is 10.1. The Hall–Kier alpha value is -0.900. The molecule has 0 saturated heterocycles. The van der Waals surface area contributed by atoms with Gasteiger partial charge >= 0.3 is 0 Å². The Morgan fingerprint density at radius 2 is 2.13 bits per heavy atom. The van der Waals surface area contributed by atoms with E-state index in [0.29, 0.717) is 6.42 Å². The van der Waals surface area contributed by atoms with Crippen molar-refractivity contribution in [2.75, 3.05) is 0 Å². The lowest BCUT2D eigenvalue weighted by Crippen LogP contribution is -2.18. The Bertz CT molecular complexity index is 271. The average Bonchev–Trinajstić information content (AvgIpc) is 2.59. The summed E-state index contributed by atoms with van der Waals surface area (Å²) in [7, 11) is 0. The van der Waals surface area contributed by atoms with E-state index in [9.17, 15) is 0 Å². The SMILES string of the molecule is CCCCCCc1nc(CC(C)N)no1. The molecule has 1 aromatic heterocycles. The third-order valence-electron chi connectivity index (χ3n) is 2.26. The van der Waals surface area contributed by atoms with Gasteiger partial charge in [-0.1, -0.05) is 31.3 Å². The molecule has 0 aliphatic carbocycles. The fourth-order valence-corrected chi connectivity index (χ4v) is 1.47. The van der Waals surface area contributed by atoms with Crippen LogP contribution in [0.25, 0.3) is 0 Å². The van der Waals surface area contributed by atoms with E-state index in [2.05, 4.69) is 17.1 Å². The summed E-state index contributed by atoms with van der Waals surface area (Å²) in [4.78, 5) is 4.29. The first-order valence-electron chi connectivity index (χ1n) is 5.79. The summed E-state index contributed by atoms with van der Waals surface area (Å²) in [6.45, 7) is 4.14. The summed E-state index contributed by atoms with van der Waals surface area (Å²) in [5.41, 5.74) is 5.65. The quantitative estimate of drug-likeness (QED) is 0.701. The Kier molecular flexibility index (Phi) is 5.32. The lowest BCUT2D eigenvalue weighted by Gasteiger charge is -1.97. The largest absolute Gasteiger partial charge is 0.339 e. The van der Waals surface area contributed by atoms with Crippen LogP contribution in [0.1, 0.15) is 51.2 Å². The van der Waals surface area contributed by atoms with Crippen LogP contribution >= 0.6 is 0 Å². The molecule has 15 heavy (non-hydrogen) atoms. The Morgan fingerprint density at radius 1 is 1.33 bits per heavy atom. The number of unbranched alkanes of at least 4 members (excludes halogenated alkanes) is 3. The Labute approximate surface area is 91.2 Å². The van der Waals surface area contributed by atoms with Crippen molar-refractivity contribution in [2.24, 2.45) is 5.73 Å². The van der Waals surface area contributed by atoms with Crippen molar-refractivity contribution in [3.05, 3.63) is 11.7 Å². The highest BCUT2D eigenvalue weighted by Gasteiger charge is 2.07. The second-order valence-corrected chi connectivity index (χ2v) is 4.10. The molecule has 0 aromatic carbocycles. The number of rotatable bonds is 7. The first-order chi connectivity index (χ1) is 7.22. The van der Waals surface area contributed by atoms with Gasteiger partial charge in [-0.3, -0.25) is 0 Å². The molecular weight excluding hydrogens is 190 g/mol. The molecule has 1 aromatic rings. The molecule has 0 amide bonds. The molecule has 0 aliphatic heterocycles. The minimum absolute atomic E-state index is 0.0931. The molecule has 2 N–H and O–H groups in total. The van der Waals surface area contributed by atoms with Crippen molar-refractivity contribution in [3.8, 4) is 0 Å². The van der Waals surface area contributed by atoms with Crippen molar-refractivity contribution < 1.29 is 4.52 Å². The average molecular weight is 211 g/mol. The normalized spacial score (nSPS) is 13.0. The van der Waals surface area contributed by atoms with Crippen molar-refractivity contribution in [3.63, 3.8) is 0 Å². The van der Waals surface area contributed by atoms with E-state index in [4.69, 9.17) is 10.3 Å². The number of aryl methyl sites for hydroxylation is 1. The maximum atomic E-state index is 5.65. The molecule has 4 heteroatoms. The molecule has 4 nitrogen and oxygen atoms in total. The molecule has 0 aliphatic rings. The second-order valence-electron chi connectivity index (χ2n) is 4.10. The van der Waals surface area contributed by atoms with Gasteiger partial charge < -0.3 is 10.3 Å². The maximum Gasteiger partial charge on any atom is 0.226 e. The van der Waals surface area contributed by atoms with Crippen molar-refractivity contribution in [1.29, 1.82) is 0 Å². The fourth-order valence-electron chi connectivity index (χ4n) is 1.47. The molecule has 86 valence electrons. The summed E-state index contributed by atoms with van der Waals surface area (Å²) in [6, 6.07) is 0.0931. The second kappa shape index (κ2) is 6.56. The Balaban J connectivity index is 2.26. The molecule has 0 bridgehead atoms. The fraction of sp³-hybridized carbons (Fsp3) is 0.818. The number of aromatic nitrogens is 2. The van der Waals surface area contributed by atoms with Crippen LogP contribution in [0.4, 0.5) is 0 Å². The first-order valence-corrected chi connectivity index (χ1v) is 5.79. The first kappa shape index (κ1) is 12.2. The molecule has 0 saturated carbocycles. The van der Waals surface area contributed by atoms with E-state index in [1.165, 1.54) is 19.3 Å². The molecule has 0 fully saturated rings. The van der Waals surface area contributed by atoms with E-state index >= 15 is 0 Å². The summed E-state index contributed by atoms with van der Waals surface area (Å²) in [6.07, 6.45) is 6.49. The topological polar surface area (TPSA) is 64.9 Å². The number of hydrogen-bond acceptors (Lipinski definition) is 4. The minimum atomic E-state index is 0.0931. The van der Waals surface area contributed by atoms with E-state index in [0.717, 1.165) is 24.6 Å². The maximum absolute atomic E-state index is 5.65. The third-order valence-corrected chi connectivity index (χ3v) is 2.26. The number of nitrogens with zero attached hydrogens (tertiary/aromatic N) is 2. The van der Waals surface area contributed by atoms with Crippen LogP contribution in [0.2, 0.25) is 0 Å². The monoisotopic (exact) mass is 211 g/mol. The predicted molar refractivity (Wildman–Crippen MR) is 59.5 cm³/mol. The zero-order valence-corrected chi connectivity index (χ0v) is 9.70. The van der Waals surface area contributed by atoms with E-state index in [-0.39, 0.29) is 6.04 Å². The minimum Gasteiger partial charge on any atom is -0.339 e. The van der Waals surface area contributed by atoms with Gasteiger partial charge in [-0.2, -0.15) is 4.98 Å². The molecule has 1 unspecified atom stereocenters. The zero-order chi connectivity index (χ0) is 11.1. The lowest BCUT2D eigenvalue weighted by molar-refractivity contribution is 0.367. The summed E-state index contributed by atoms with van der Waals surface area (Å²) in [5, 5.41) is 3.89. The van der Waals surface area contributed by atoms with Crippen molar-refractivity contribution in [2.45, 2.75) is 58.4 Å². The number of hydrogen-bond donors (Lipinski definition) is 1. The van der Waals surface area contributed by atoms with Gasteiger partial charge in [-0.15, -0.1) is 0 Å². The predicted octanol–water partition coefficient (Wildman–Crippen LogP) is 2.08. The van der Waals surface area contributed by atoms with Crippen LogP contribution in [-0.4, -0.2) is 16.2 Å². The van der Waals surface area contributed by atoms with Gasteiger partial charge in [0.15, 0.2) is 5.82 Å². The van der Waals surface area contributed by atoms with Crippen LogP contribution in [0.5, 0.6) is 0 Å². The molecule has 0 spiro atoms.